The smallest absolute Gasteiger partial charge is 0.252 e. The molecule has 0 spiro atoms. The summed E-state index contributed by atoms with van der Waals surface area (Å²) in [5.41, 5.74) is 1.82. The molecule has 1 atom stereocenters. The van der Waals surface area contributed by atoms with Crippen molar-refractivity contribution >= 4 is 40.3 Å². The van der Waals surface area contributed by atoms with Crippen LogP contribution in [0.5, 0.6) is 0 Å². The van der Waals surface area contributed by atoms with Gasteiger partial charge >= 0.3 is 0 Å². The lowest BCUT2D eigenvalue weighted by Crippen LogP contribution is -2.41. The minimum atomic E-state index is 0.00416. The molecule has 0 saturated carbocycles. The molecule has 0 bridgehead atoms. The molecule has 1 amide bonds. The molecule has 1 fully saturated rings. The van der Waals surface area contributed by atoms with E-state index in [-0.39, 0.29) is 11.9 Å². The average Bonchev–Trinajstić information content (AvgIpc) is 3.46. The Kier molecular flexibility index (Phi) is 7.82. The lowest BCUT2D eigenvalue weighted by atomic mass is 9.97. The van der Waals surface area contributed by atoms with E-state index in [4.69, 9.17) is 0 Å². The highest BCUT2D eigenvalue weighted by Crippen LogP contribution is 2.30. The zero-order valence-electron chi connectivity index (χ0n) is 18.0. The number of piperidine rings is 1. The number of benzene rings is 1. The maximum atomic E-state index is 13.1. The Balaban J connectivity index is 1.42. The van der Waals surface area contributed by atoms with Gasteiger partial charge < -0.3 is 5.32 Å². The normalized spacial score (nSPS) is 16.3. The Bertz CT molecular complexity index is 978. The highest BCUT2D eigenvalue weighted by Gasteiger charge is 2.26. The van der Waals surface area contributed by atoms with Crippen LogP contribution in [0.4, 0.5) is 0 Å². The standard InChI is InChI=1S/C24H29N3OS3/c1-17-9-11-27(12-10-17)21(23-8-5-13-29-23)14-25-24(28)20-6-3-4-7-22(20)31-16-19-15-30-18(2)26-19/h3-8,13,15,17,21H,9-12,14,16H2,1-2H3,(H,25,28). The van der Waals surface area contributed by atoms with Crippen LogP contribution in [0.25, 0.3) is 0 Å². The first-order valence-corrected chi connectivity index (χ1v) is 13.5. The van der Waals surface area contributed by atoms with E-state index in [1.54, 1.807) is 34.4 Å². The molecule has 1 aliphatic heterocycles. The first kappa shape index (κ1) is 22.5. The van der Waals surface area contributed by atoms with Gasteiger partial charge in [0.1, 0.15) is 0 Å². The molecule has 31 heavy (non-hydrogen) atoms. The Morgan fingerprint density at radius 3 is 2.74 bits per heavy atom. The van der Waals surface area contributed by atoms with Crippen LogP contribution in [0.1, 0.15) is 51.7 Å². The van der Waals surface area contributed by atoms with Crippen LogP contribution in [0.2, 0.25) is 0 Å². The number of carbonyl (C=O) groups excluding carboxylic acids is 1. The van der Waals surface area contributed by atoms with E-state index in [9.17, 15) is 4.79 Å². The van der Waals surface area contributed by atoms with Crippen molar-refractivity contribution in [1.29, 1.82) is 0 Å². The van der Waals surface area contributed by atoms with Gasteiger partial charge in [-0.3, -0.25) is 9.69 Å². The van der Waals surface area contributed by atoms with E-state index >= 15 is 0 Å². The summed E-state index contributed by atoms with van der Waals surface area (Å²) >= 11 is 5.12. The fraction of sp³-hybridized carbons (Fsp3) is 0.417. The lowest BCUT2D eigenvalue weighted by Gasteiger charge is -2.36. The SMILES string of the molecule is Cc1nc(CSc2ccccc2C(=O)NCC(c2cccs2)N2CCC(C)CC2)cs1. The van der Waals surface area contributed by atoms with Crippen LogP contribution in [0, 0.1) is 12.8 Å². The van der Waals surface area contributed by atoms with Gasteiger partial charge in [0.15, 0.2) is 0 Å². The largest absolute Gasteiger partial charge is 0.350 e. The highest BCUT2D eigenvalue weighted by atomic mass is 32.2. The maximum Gasteiger partial charge on any atom is 0.252 e. The summed E-state index contributed by atoms with van der Waals surface area (Å²) in [5, 5.41) is 8.54. The summed E-state index contributed by atoms with van der Waals surface area (Å²) in [6.07, 6.45) is 2.46. The fourth-order valence-electron chi connectivity index (χ4n) is 3.92. The number of thiazole rings is 1. The Hall–Kier alpha value is -1.67. The van der Waals surface area contributed by atoms with Gasteiger partial charge in [-0.25, -0.2) is 4.98 Å². The van der Waals surface area contributed by atoms with E-state index in [1.807, 2.05) is 31.2 Å². The van der Waals surface area contributed by atoms with Gasteiger partial charge in [0.2, 0.25) is 0 Å². The molecule has 1 unspecified atom stereocenters. The lowest BCUT2D eigenvalue weighted by molar-refractivity contribution is 0.0912. The third-order valence-electron chi connectivity index (χ3n) is 5.76. The van der Waals surface area contributed by atoms with Crippen molar-refractivity contribution in [2.24, 2.45) is 5.92 Å². The molecule has 0 aliphatic carbocycles. The number of likely N-dealkylation sites (tertiary alicyclic amines) is 1. The van der Waals surface area contributed by atoms with Gasteiger partial charge in [0, 0.05) is 27.5 Å². The number of amides is 1. The summed E-state index contributed by atoms with van der Waals surface area (Å²) in [5.74, 6) is 1.57. The van der Waals surface area contributed by atoms with Gasteiger partial charge in [-0.1, -0.05) is 25.1 Å². The Labute approximate surface area is 197 Å². The maximum absolute atomic E-state index is 13.1. The summed E-state index contributed by atoms with van der Waals surface area (Å²) in [4.78, 5) is 22.5. The van der Waals surface area contributed by atoms with Crippen molar-refractivity contribution in [2.45, 2.75) is 43.4 Å². The van der Waals surface area contributed by atoms with Gasteiger partial charge in [-0.05, 0) is 62.4 Å². The predicted molar refractivity (Wildman–Crippen MR) is 132 cm³/mol. The number of hydrogen-bond acceptors (Lipinski definition) is 6. The molecule has 7 heteroatoms. The Morgan fingerprint density at radius 1 is 1.23 bits per heavy atom. The number of rotatable bonds is 8. The van der Waals surface area contributed by atoms with Crippen molar-refractivity contribution in [3.8, 4) is 0 Å². The molecule has 3 heterocycles. The van der Waals surface area contributed by atoms with E-state index in [2.05, 4.69) is 45.0 Å². The number of thioether (sulfide) groups is 1. The van der Waals surface area contributed by atoms with Gasteiger partial charge in [-0.15, -0.1) is 34.4 Å². The minimum Gasteiger partial charge on any atom is -0.350 e. The number of carbonyl (C=O) groups is 1. The quantitative estimate of drug-likeness (QED) is 0.409. The number of thiophene rings is 1. The molecule has 4 rings (SSSR count). The first-order valence-electron chi connectivity index (χ1n) is 10.8. The fourth-order valence-corrected chi connectivity index (χ4v) is 6.44. The molecule has 1 saturated heterocycles. The van der Waals surface area contributed by atoms with Crippen LogP contribution < -0.4 is 5.32 Å². The van der Waals surface area contributed by atoms with Crippen molar-refractivity contribution in [3.05, 3.63) is 68.3 Å². The number of nitrogens with zero attached hydrogens (tertiary/aromatic N) is 2. The summed E-state index contributed by atoms with van der Waals surface area (Å²) in [6, 6.07) is 12.4. The summed E-state index contributed by atoms with van der Waals surface area (Å²) < 4.78 is 0. The molecule has 1 aliphatic rings. The van der Waals surface area contributed by atoms with E-state index in [1.165, 1.54) is 17.7 Å². The zero-order chi connectivity index (χ0) is 21.6. The molecule has 3 aromatic rings. The highest BCUT2D eigenvalue weighted by molar-refractivity contribution is 7.98. The first-order chi connectivity index (χ1) is 15.1. The van der Waals surface area contributed by atoms with Crippen molar-refractivity contribution < 1.29 is 4.79 Å². The molecule has 1 aromatic carbocycles. The molecule has 2 aromatic heterocycles. The van der Waals surface area contributed by atoms with Crippen molar-refractivity contribution in [1.82, 2.24) is 15.2 Å². The molecule has 0 radical (unpaired) electrons. The summed E-state index contributed by atoms with van der Waals surface area (Å²) in [7, 11) is 0. The zero-order valence-corrected chi connectivity index (χ0v) is 20.5. The van der Waals surface area contributed by atoms with Crippen LogP contribution >= 0.6 is 34.4 Å². The second kappa shape index (κ2) is 10.8. The number of nitrogens with one attached hydrogen (secondary N) is 1. The number of aromatic nitrogens is 1. The van der Waals surface area contributed by atoms with Gasteiger partial charge in [0.05, 0.1) is 22.3 Å². The minimum absolute atomic E-state index is 0.00416. The third kappa shape index (κ3) is 5.98. The van der Waals surface area contributed by atoms with Crippen molar-refractivity contribution in [3.63, 3.8) is 0 Å². The molecule has 164 valence electrons. The average molecular weight is 472 g/mol. The monoisotopic (exact) mass is 471 g/mol. The number of aryl methyl sites for hydroxylation is 1. The molecule has 4 nitrogen and oxygen atoms in total. The second-order valence-electron chi connectivity index (χ2n) is 8.10. The number of hydrogen-bond donors (Lipinski definition) is 1. The van der Waals surface area contributed by atoms with Gasteiger partial charge in [0.25, 0.3) is 5.91 Å². The van der Waals surface area contributed by atoms with Crippen LogP contribution in [0.3, 0.4) is 0 Å². The molecular weight excluding hydrogens is 442 g/mol. The Morgan fingerprint density at radius 2 is 2.03 bits per heavy atom. The van der Waals surface area contributed by atoms with E-state index < -0.39 is 0 Å². The van der Waals surface area contributed by atoms with Gasteiger partial charge in [-0.2, -0.15) is 0 Å². The van der Waals surface area contributed by atoms with Crippen LogP contribution in [-0.4, -0.2) is 35.4 Å². The predicted octanol–water partition coefficient (Wildman–Crippen LogP) is 6.01. The second-order valence-corrected chi connectivity index (χ2v) is 11.2. The van der Waals surface area contributed by atoms with E-state index in [0.717, 1.165) is 45.9 Å². The van der Waals surface area contributed by atoms with Crippen LogP contribution in [-0.2, 0) is 5.75 Å². The van der Waals surface area contributed by atoms with Crippen molar-refractivity contribution in [2.75, 3.05) is 19.6 Å². The summed E-state index contributed by atoms with van der Waals surface area (Å²) in [6.45, 7) is 7.18. The molecule has 1 N–H and O–H groups in total. The molecular formula is C24H29N3OS3. The van der Waals surface area contributed by atoms with E-state index in [0.29, 0.717) is 6.54 Å². The third-order valence-corrected chi connectivity index (χ3v) is 8.66. The van der Waals surface area contributed by atoms with Crippen LogP contribution in [0.15, 0.2) is 52.1 Å². The topological polar surface area (TPSA) is 45.2 Å².